The zero-order chi connectivity index (χ0) is 22.1. The fraction of sp³-hybridized carbons (Fsp3) is 0.286. The SMILES string of the molecule is CC(C)(C)OC(=O)NC1(C#N)C(=O)N(Cc2ccccc2)c2ccc([N+](=O)[O-])cc21. The second kappa shape index (κ2) is 7.48. The molecule has 1 atom stereocenters. The molecular formula is C21H20N4O5. The van der Waals surface area contributed by atoms with Gasteiger partial charge in [-0.15, -0.1) is 0 Å². The van der Waals surface area contributed by atoms with E-state index in [1.807, 2.05) is 36.4 Å². The first kappa shape index (κ1) is 20.8. The van der Waals surface area contributed by atoms with E-state index in [-0.39, 0.29) is 17.8 Å². The van der Waals surface area contributed by atoms with Crippen LogP contribution in [0.4, 0.5) is 16.2 Å². The van der Waals surface area contributed by atoms with Gasteiger partial charge < -0.3 is 9.64 Å². The maximum atomic E-state index is 13.4. The number of nitriles is 1. The third-order valence-corrected chi connectivity index (χ3v) is 4.49. The molecule has 9 nitrogen and oxygen atoms in total. The summed E-state index contributed by atoms with van der Waals surface area (Å²) in [6.07, 6.45) is -0.976. The Morgan fingerprint density at radius 1 is 1.27 bits per heavy atom. The molecule has 2 aromatic carbocycles. The van der Waals surface area contributed by atoms with Crippen LogP contribution in [-0.4, -0.2) is 22.5 Å². The predicted octanol–water partition coefficient (Wildman–Crippen LogP) is 3.39. The number of nitro benzene ring substituents is 1. The number of rotatable bonds is 4. The van der Waals surface area contributed by atoms with Gasteiger partial charge in [0, 0.05) is 17.7 Å². The predicted molar refractivity (Wildman–Crippen MR) is 107 cm³/mol. The first-order valence-electron chi connectivity index (χ1n) is 9.14. The zero-order valence-corrected chi connectivity index (χ0v) is 16.7. The molecule has 2 amide bonds. The highest BCUT2D eigenvalue weighted by Crippen LogP contribution is 2.42. The number of alkyl carbamates (subject to hydrolysis) is 1. The van der Waals surface area contributed by atoms with Gasteiger partial charge in [0.05, 0.1) is 17.2 Å². The molecule has 0 aliphatic carbocycles. The van der Waals surface area contributed by atoms with Gasteiger partial charge in [-0.2, -0.15) is 5.26 Å². The molecule has 1 aliphatic rings. The van der Waals surface area contributed by atoms with Crippen LogP contribution in [0.1, 0.15) is 31.9 Å². The number of hydrogen-bond donors (Lipinski definition) is 1. The van der Waals surface area contributed by atoms with Crippen molar-refractivity contribution in [3.05, 3.63) is 69.8 Å². The van der Waals surface area contributed by atoms with Crippen molar-refractivity contribution >= 4 is 23.4 Å². The number of nitrogens with one attached hydrogen (secondary N) is 1. The Labute approximate surface area is 173 Å². The number of carbonyl (C=O) groups is 2. The molecule has 0 saturated carbocycles. The van der Waals surface area contributed by atoms with Crippen molar-refractivity contribution in [2.24, 2.45) is 0 Å². The number of nitrogens with zero attached hydrogens (tertiary/aromatic N) is 3. The number of non-ortho nitro benzene ring substituents is 1. The summed E-state index contributed by atoms with van der Waals surface area (Å²) in [5.41, 5.74) is -2.16. The van der Waals surface area contributed by atoms with Crippen molar-refractivity contribution in [2.75, 3.05) is 4.90 Å². The number of amides is 2. The van der Waals surface area contributed by atoms with Gasteiger partial charge in [0.25, 0.3) is 11.6 Å². The van der Waals surface area contributed by atoms with Gasteiger partial charge in [-0.3, -0.25) is 20.2 Å². The Balaban J connectivity index is 2.09. The zero-order valence-electron chi connectivity index (χ0n) is 16.7. The van der Waals surface area contributed by atoms with Crippen LogP contribution in [-0.2, 0) is 21.6 Å². The van der Waals surface area contributed by atoms with Gasteiger partial charge in [-0.05, 0) is 32.4 Å². The molecule has 0 fully saturated rings. The van der Waals surface area contributed by atoms with Gasteiger partial charge in [-0.25, -0.2) is 4.79 Å². The lowest BCUT2D eigenvalue weighted by Crippen LogP contribution is -2.53. The van der Waals surface area contributed by atoms with Crippen molar-refractivity contribution in [3.63, 3.8) is 0 Å². The van der Waals surface area contributed by atoms with Gasteiger partial charge in [-0.1, -0.05) is 30.3 Å². The Morgan fingerprint density at radius 3 is 2.50 bits per heavy atom. The summed E-state index contributed by atoms with van der Waals surface area (Å²) in [5, 5.41) is 23.6. The van der Waals surface area contributed by atoms with Gasteiger partial charge in [0.1, 0.15) is 11.7 Å². The summed E-state index contributed by atoms with van der Waals surface area (Å²) < 4.78 is 5.22. The lowest BCUT2D eigenvalue weighted by molar-refractivity contribution is -0.384. The molecule has 1 N–H and O–H groups in total. The van der Waals surface area contributed by atoms with Crippen LogP contribution in [0.25, 0.3) is 0 Å². The highest BCUT2D eigenvalue weighted by Gasteiger charge is 2.54. The fourth-order valence-electron chi connectivity index (χ4n) is 3.24. The van der Waals surface area contributed by atoms with Crippen LogP contribution >= 0.6 is 0 Å². The maximum absolute atomic E-state index is 13.4. The largest absolute Gasteiger partial charge is 0.444 e. The standard InChI is InChI=1S/C21H20N4O5/c1-20(2,3)30-19(27)23-21(13-22)16-11-15(25(28)29)9-10-17(16)24(18(21)26)12-14-7-5-4-6-8-14/h4-11H,12H2,1-3H3,(H,23,27). The van der Waals surface area contributed by atoms with E-state index in [0.717, 1.165) is 11.6 Å². The molecule has 1 unspecified atom stereocenters. The van der Waals surface area contributed by atoms with Crippen molar-refractivity contribution < 1.29 is 19.2 Å². The number of anilines is 1. The third-order valence-electron chi connectivity index (χ3n) is 4.49. The molecule has 30 heavy (non-hydrogen) atoms. The lowest BCUT2D eigenvalue weighted by atomic mass is 9.92. The van der Waals surface area contributed by atoms with E-state index in [2.05, 4.69) is 5.32 Å². The van der Waals surface area contributed by atoms with Crippen molar-refractivity contribution in [2.45, 2.75) is 38.5 Å². The van der Waals surface area contributed by atoms with Crippen LogP contribution in [0.2, 0.25) is 0 Å². The summed E-state index contributed by atoms with van der Waals surface area (Å²) >= 11 is 0. The average molecular weight is 408 g/mol. The number of carbonyl (C=O) groups excluding carboxylic acids is 2. The molecule has 0 aromatic heterocycles. The molecule has 1 aliphatic heterocycles. The lowest BCUT2D eigenvalue weighted by Gasteiger charge is -2.26. The molecule has 0 radical (unpaired) electrons. The topological polar surface area (TPSA) is 126 Å². The van der Waals surface area contributed by atoms with E-state index in [0.29, 0.717) is 5.69 Å². The Morgan fingerprint density at radius 2 is 1.93 bits per heavy atom. The highest BCUT2D eigenvalue weighted by atomic mass is 16.6. The van der Waals surface area contributed by atoms with Crippen LogP contribution in [0.5, 0.6) is 0 Å². The van der Waals surface area contributed by atoms with Gasteiger partial charge in [0.15, 0.2) is 0 Å². The average Bonchev–Trinajstić information content (AvgIpc) is 2.89. The number of fused-ring (bicyclic) bond motifs is 1. The molecule has 0 spiro atoms. The Hall–Kier alpha value is -3.93. The number of ether oxygens (including phenoxy) is 1. The summed E-state index contributed by atoms with van der Waals surface area (Å²) in [6.45, 7) is 5.05. The summed E-state index contributed by atoms with van der Waals surface area (Å²) in [4.78, 5) is 37.8. The second-order valence-electron chi connectivity index (χ2n) is 7.82. The molecule has 0 saturated heterocycles. The minimum Gasteiger partial charge on any atom is -0.444 e. The minimum absolute atomic E-state index is 0.0333. The first-order chi connectivity index (χ1) is 14.1. The molecular weight excluding hydrogens is 388 g/mol. The molecule has 1 heterocycles. The molecule has 2 aromatic rings. The quantitative estimate of drug-likeness (QED) is 0.610. The number of nitro groups is 1. The molecule has 154 valence electrons. The molecule has 9 heteroatoms. The smallest absolute Gasteiger partial charge is 0.409 e. The van der Waals surface area contributed by atoms with Crippen LogP contribution in [0.3, 0.4) is 0 Å². The fourth-order valence-corrected chi connectivity index (χ4v) is 3.24. The summed E-state index contributed by atoms with van der Waals surface area (Å²) in [5.74, 6) is -0.713. The summed E-state index contributed by atoms with van der Waals surface area (Å²) in [7, 11) is 0. The van der Waals surface area contributed by atoms with E-state index in [1.54, 1.807) is 20.8 Å². The Kier molecular flexibility index (Phi) is 5.18. The molecule has 3 rings (SSSR count). The first-order valence-corrected chi connectivity index (χ1v) is 9.14. The maximum Gasteiger partial charge on any atom is 0.409 e. The van der Waals surface area contributed by atoms with Crippen LogP contribution in [0, 0.1) is 21.4 Å². The third kappa shape index (κ3) is 3.80. The van der Waals surface area contributed by atoms with E-state index >= 15 is 0 Å². The Bertz CT molecular complexity index is 1060. The van der Waals surface area contributed by atoms with Crippen molar-refractivity contribution in [1.29, 1.82) is 5.26 Å². The van der Waals surface area contributed by atoms with E-state index in [9.17, 15) is 25.0 Å². The van der Waals surface area contributed by atoms with Crippen molar-refractivity contribution in [1.82, 2.24) is 5.32 Å². The number of benzene rings is 2. The van der Waals surface area contributed by atoms with E-state index in [1.165, 1.54) is 17.0 Å². The van der Waals surface area contributed by atoms with Crippen LogP contribution < -0.4 is 10.2 Å². The van der Waals surface area contributed by atoms with Gasteiger partial charge in [0.2, 0.25) is 5.54 Å². The minimum atomic E-state index is -2.14. The second-order valence-corrected chi connectivity index (χ2v) is 7.82. The van der Waals surface area contributed by atoms with E-state index < -0.39 is 28.1 Å². The van der Waals surface area contributed by atoms with Crippen LogP contribution in [0.15, 0.2) is 48.5 Å². The number of hydrogen-bond acceptors (Lipinski definition) is 6. The normalized spacial score (nSPS) is 17.8. The highest BCUT2D eigenvalue weighted by molar-refractivity contribution is 6.11. The monoisotopic (exact) mass is 408 g/mol. The van der Waals surface area contributed by atoms with Gasteiger partial charge >= 0.3 is 6.09 Å². The van der Waals surface area contributed by atoms with Crippen molar-refractivity contribution in [3.8, 4) is 6.07 Å². The summed E-state index contributed by atoms with van der Waals surface area (Å²) in [6, 6.07) is 14.7. The van der Waals surface area contributed by atoms with E-state index in [4.69, 9.17) is 4.74 Å². The molecule has 0 bridgehead atoms.